The third-order valence-corrected chi connectivity index (χ3v) is 4.00. The lowest BCUT2D eigenvalue weighted by Crippen LogP contribution is -2.14. The van der Waals surface area contributed by atoms with Crippen molar-refractivity contribution in [2.75, 3.05) is 5.75 Å². The average Bonchev–Trinajstić information content (AvgIpc) is 2.26. The Morgan fingerprint density at radius 2 is 1.81 bits per heavy atom. The van der Waals surface area contributed by atoms with E-state index in [9.17, 15) is 4.79 Å². The number of carbonyl (C=O) groups is 1. The fourth-order valence-electron chi connectivity index (χ4n) is 1.26. The van der Waals surface area contributed by atoms with Gasteiger partial charge < -0.3 is 0 Å². The van der Waals surface area contributed by atoms with Crippen molar-refractivity contribution in [1.29, 1.82) is 0 Å². The highest BCUT2D eigenvalue weighted by atomic mass is 35.5. The first-order valence-corrected chi connectivity index (χ1v) is 6.84. The van der Waals surface area contributed by atoms with Crippen molar-refractivity contribution in [3.05, 3.63) is 34.9 Å². The molecule has 1 aromatic rings. The molecule has 0 spiro atoms. The van der Waals surface area contributed by atoms with Gasteiger partial charge in [-0.3, -0.25) is 4.79 Å². The molecule has 0 saturated carbocycles. The van der Waals surface area contributed by atoms with Crippen molar-refractivity contribution >= 4 is 29.1 Å². The number of Topliss-reactive ketones (excluding diaryl/α,β-unsaturated/α-hetero) is 1. The second-order valence-corrected chi connectivity index (χ2v) is 6.05. The van der Waals surface area contributed by atoms with Gasteiger partial charge in [0.1, 0.15) is 0 Å². The van der Waals surface area contributed by atoms with Crippen LogP contribution in [0, 0.1) is 5.92 Å². The fourth-order valence-corrected chi connectivity index (χ4v) is 2.35. The van der Waals surface area contributed by atoms with Gasteiger partial charge in [-0.25, -0.2) is 0 Å². The molecule has 3 heteroatoms. The summed E-state index contributed by atoms with van der Waals surface area (Å²) in [5, 5.41) is 0.683. The van der Waals surface area contributed by atoms with Crippen LogP contribution in [0.25, 0.3) is 0 Å². The van der Waals surface area contributed by atoms with Crippen molar-refractivity contribution in [2.45, 2.75) is 26.0 Å². The van der Waals surface area contributed by atoms with Crippen LogP contribution in [0.15, 0.2) is 24.3 Å². The fraction of sp³-hybridized carbons (Fsp3) is 0.462. The molecule has 1 nitrogen and oxygen atoms in total. The molecule has 0 N–H and O–H groups in total. The summed E-state index contributed by atoms with van der Waals surface area (Å²) in [7, 11) is 0. The maximum atomic E-state index is 12.0. The van der Waals surface area contributed by atoms with Gasteiger partial charge >= 0.3 is 0 Å². The van der Waals surface area contributed by atoms with Gasteiger partial charge in [0.2, 0.25) is 0 Å². The molecule has 0 aliphatic carbocycles. The lowest BCUT2D eigenvalue weighted by Gasteiger charge is -2.11. The van der Waals surface area contributed by atoms with E-state index < -0.39 is 0 Å². The number of hydrogen-bond donors (Lipinski definition) is 0. The number of rotatable bonds is 5. The summed E-state index contributed by atoms with van der Waals surface area (Å²) in [6.45, 7) is 6.28. The highest BCUT2D eigenvalue weighted by Crippen LogP contribution is 2.20. The summed E-state index contributed by atoms with van der Waals surface area (Å²) in [5.74, 6) is 1.81. The van der Waals surface area contributed by atoms with E-state index >= 15 is 0 Å². The molecule has 1 aromatic carbocycles. The van der Waals surface area contributed by atoms with Gasteiger partial charge in [-0.1, -0.05) is 25.4 Å². The second-order valence-electron chi connectivity index (χ2n) is 4.24. The van der Waals surface area contributed by atoms with Crippen LogP contribution in [0.2, 0.25) is 5.02 Å². The Hall–Kier alpha value is -0.470. The molecule has 0 aromatic heterocycles. The molecule has 16 heavy (non-hydrogen) atoms. The highest BCUT2D eigenvalue weighted by molar-refractivity contribution is 8.00. The Kier molecular flexibility index (Phi) is 5.36. The van der Waals surface area contributed by atoms with Crippen molar-refractivity contribution in [3.63, 3.8) is 0 Å². The van der Waals surface area contributed by atoms with Crippen molar-refractivity contribution < 1.29 is 4.79 Å². The Bertz CT molecular complexity index is 345. The number of halogens is 1. The monoisotopic (exact) mass is 256 g/mol. The normalized spacial score (nSPS) is 12.8. The first-order valence-electron chi connectivity index (χ1n) is 5.42. The summed E-state index contributed by atoms with van der Waals surface area (Å²) < 4.78 is 0. The van der Waals surface area contributed by atoms with Crippen LogP contribution in [0.5, 0.6) is 0 Å². The third-order valence-electron chi connectivity index (χ3n) is 2.18. The van der Waals surface area contributed by atoms with E-state index in [4.69, 9.17) is 11.6 Å². The zero-order valence-electron chi connectivity index (χ0n) is 9.87. The molecule has 0 amide bonds. The van der Waals surface area contributed by atoms with Gasteiger partial charge in [-0.05, 0) is 42.9 Å². The minimum absolute atomic E-state index is 0.0172. The number of ketones is 1. The summed E-state index contributed by atoms with van der Waals surface area (Å²) >= 11 is 7.49. The molecular formula is C13H17ClOS. The zero-order chi connectivity index (χ0) is 12.1. The van der Waals surface area contributed by atoms with Crippen LogP contribution in [-0.4, -0.2) is 16.8 Å². The molecule has 0 radical (unpaired) electrons. The van der Waals surface area contributed by atoms with Gasteiger partial charge in [-0.15, -0.1) is 0 Å². The Morgan fingerprint density at radius 3 is 2.31 bits per heavy atom. The SMILES string of the molecule is CC(C)CSC(C)C(=O)c1ccc(Cl)cc1. The molecule has 1 atom stereocenters. The van der Waals surface area contributed by atoms with Gasteiger partial charge in [0.15, 0.2) is 5.78 Å². The van der Waals surface area contributed by atoms with Crippen molar-refractivity contribution in [1.82, 2.24) is 0 Å². The molecule has 0 aliphatic rings. The van der Waals surface area contributed by atoms with Crippen LogP contribution in [-0.2, 0) is 0 Å². The number of thioether (sulfide) groups is 1. The van der Waals surface area contributed by atoms with E-state index in [2.05, 4.69) is 13.8 Å². The topological polar surface area (TPSA) is 17.1 Å². The zero-order valence-corrected chi connectivity index (χ0v) is 11.4. The quantitative estimate of drug-likeness (QED) is 0.731. The first-order chi connectivity index (χ1) is 7.50. The van der Waals surface area contributed by atoms with Gasteiger partial charge in [0.25, 0.3) is 0 Å². The minimum Gasteiger partial charge on any atom is -0.293 e. The maximum absolute atomic E-state index is 12.0. The summed E-state index contributed by atoms with van der Waals surface area (Å²) in [6.07, 6.45) is 0. The molecule has 88 valence electrons. The number of benzene rings is 1. The van der Waals surface area contributed by atoms with E-state index in [1.165, 1.54) is 0 Å². The Morgan fingerprint density at radius 1 is 1.25 bits per heavy atom. The standard InChI is InChI=1S/C13H17ClOS/c1-9(2)8-16-10(3)13(15)11-4-6-12(14)7-5-11/h4-7,9-10H,8H2,1-3H3. The smallest absolute Gasteiger partial charge is 0.175 e. The molecule has 0 aliphatic heterocycles. The van der Waals surface area contributed by atoms with Crippen molar-refractivity contribution in [2.24, 2.45) is 5.92 Å². The second kappa shape index (κ2) is 6.31. The van der Waals surface area contributed by atoms with Gasteiger partial charge in [-0.2, -0.15) is 11.8 Å². The van der Waals surface area contributed by atoms with E-state index in [0.717, 1.165) is 11.3 Å². The average molecular weight is 257 g/mol. The lowest BCUT2D eigenvalue weighted by atomic mass is 10.1. The van der Waals surface area contributed by atoms with Crippen LogP contribution in [0.3, 0.4) is 0 Å². The predicted octanol–water partition coefficient (Wildman–Crippen LogP) is 4.30. The van der Waals surface area contributed by atoms with Gasteiger partial charge in [0.05, 0.1) is 5.25 Å². The maximum Gasteiger partial charge on any atom is 0.175 e. The van der Waals surface area contributed by atoms with E-state index in [1.54, 1.807) is 36.0 Å². The molecule has 0 fully saturated rings. The Balaban J connectivity index is 2.60. The van der Waals surface area contributed by atoms with E-state index in [-0.39, 0.29) is 11.0 Å². The number of carbonyl (C=O) groups excluding carboxylic acids is 1. The lowest BCUT2D eigenvalue weighted by molar-refractivity contribution is 0.0994. The van der Waals surface area contributed by atoms with Crippen LogP contribution in [0.1, 0.15) is 31.1 Å². The van der Waals surface area contributed by atoms with E-state index in [1.807, 2.05) is 6.92 Å². The third kappa shape index (κ3) is 4.18. The van der Waals surface area contributed by atoms with Crippen LogP contribution < -0.4 is 0 Å². The predicted molar refractivity (Wildman–Crippen MR) is 72.5 cm³/mol. The summed E-state index contributed by atoms with van der Waals surface area (Å²) in [5.41, 5.74) is 0.744. The molecule has 1 unspecified atom stereocenters. The highest BCUT2D eigenvalue weighted by Gasteiger charge is 2.15. The minimum atomic E-state index is 0.0172. The molecule has 0 heterocycles. The van der Waals surface area contributed by atoms with E-state index in [0.29, 0.717) is 10.9 Å². The van der Waals surface area contributed by atoms with Crippen molar-refractivity contribution in [3.8, 4) is 0 Å². The summed E-state index contributed by atoms with van der Waals surface area (Å²) in [4.78, 5) is 12.0. The summed E-state index contributed by atoms with van der Waals surface area (Å²) in [6, 6.07) is 7.09. The number of hydrogen-bond acceptors (Lipinski definition) is 2. The molecular weight excluding hydrogens is 240 g/mol. The van der Waals surface area contributed by atoms with Gasteiger partial charge in [0, 0.05) is 10.6 Å². The molecule has 1 rings (SSSR count). The first kappa shape index (κ1) is 13.6. The Labute approximate surface area is 107 Å². The molecule has 0 bridgehead atoms. The van der Waals surface area contributed by atoms with Crippen LogP contribution in [0.4, 0.5) is 0 Å². The van der Waals surface area contributed by atoms with Crippen LogP contribution >= 0.6 is 23.4 Å². The largest absolute Gasteiger partial charge is 0.293 e. The molecule has 0 saturated heterocycles.